The number of nitrogens with two attached hydrogens (primary N) is 2. The molecular formula is C14H14FN3O. The van der Waals surface area contributed by atoms with Gasteiger partial charge in [-0.3, -0.25) is 4.79 Å². The molecule has 0 aromatic heterocycles. The lowest BCUT2D eigenvalue weighted by molar-refractivity contribution is 0.100. The Kier molecular flexibility index (Phi) is 3.37. The summed E-state index contributed by atoms with van der Waals surface area (Å²) in [7, 11) is 0. The number of rotatable bonds is 3. The number of hydrogen-bond acceptors (Lipinski definition) is 3. The van der Waals surface area contributed by atoms with Crippen LogP contribution in [0.4, 0.5) is 21.5 Å². The summed E-state index contributed by atoms with van der Waals surface area (Å²) in [6, 6.07) is 9.38. The van der Waals surface area contributed by atoms with Crippen LogP contribution in [0.5, 0.6) is 0 Å². The van der Waals surface area contributed by atoms with Crippen molar-refractivity contribution in [3.05, 3.63) is 53.3 Å². The lowest BCUT2D eigenvalue weighted by atomic mass is 10.1. The van der Waals surface area contributed by atoms with Crippen molar-refractivity contribution in [2.75, 3.05) is 11.1 Å². The lowest BCUT2D eigenvalue weighted by Gasteiger charge is -2.13. The van der Waals surface area contributed by atoms with Gasteiger partial charge in [0, 0.05) is 16.9 Å². The zero-order valence-electron chi connectivity index (χ0n) is 10.4. The topological polar surface area (TPSA) is 81.1 Å². The van der Waals surface area contributed by atoms with Gasteiger partial charge in [0.15, 0.2) is 0 Å². The van der Waals surface area contributed by atoms with Gasteiger partial charge in [0.2, 0.25) is 0 Å². The molecule has 2 rings (SSSR count). The number of benzene rings is 2. The van der Waals surface area contributed by atoms with Gasteiger partial charge < -0.3 is 16.8 Å². The van der Waals surface area contributed by atoms with Crippen molar-refractivity contribution < 1.29 is 9.18 Å². The highest BCUT2D eigenvalue weighted by Gasteiger charge is 2.10. The Labute approximate surface area is 110 Å². The number of carbonyl (C=O) groups is 1. The van der Waals surface area contributed by atoms with Crippen LogP contribution in [0, 0.1) is 12.7 Å². The quantitative estimate of drug-likeness (QED) is 0.741. The highest BCUT2D eigenvalue weighted by molar-refractivity contribution is 6.00. The molecule has 0 spiro atoms. The number of amides is 1. The highest BCUT2D eigenvalue weighted by atomic mass is 19.1. The summed E-state index contributed by atoms with van der Waals surface area (Å²) in [5.74, 6) is -0.897. The van der Waals surface area contributed by atoms with Gasteiger partial charge in [-0.05, 0) is 37.3 Å². The minimum absolute atomic E-state index is 0.304. The van der Waals surface area contributed by atoms with E-state index in [4.69, 9.17) is 11.5 Å². The maximum absolute atomic E-state index is 13.5. The summed E-state index contributed by atoms with van der Waals surface area (Å²) in [4.78, 5) is 11.3. The molecule has 0 saturated heterocycles. The van der Waals surface area contributed by atoms with Gasteiger partial charge in [0.25, 0.3) is 5.91 Å². The Bertz CT molecular complexity index is 641. The van der Waals surface area contributed by atoms with Crippen LogP contribution in [0.2, 0.25) is 0 Å². The van der Waals surface area contributed by atoms with Crippen LogP contribution in [-0.2, 0) is 0 Å². The van der Waals surface area contributed by atoms with Crippen molar-refractivity contribution in [3.8, 4) is 0 Å². The highest BCUT2D eigenvalue weighted by Crippen LogP contribution is 2.26. The van der Waals surface area contributed by atoms with Crippen molar-refractivity contribution in [2.24, 2.45) is 5.73 Å². The van der Waals surface area contributed by atoms with Crippen molar-refractivity contribution >= 4 is 23.0 Å². The second-order valence-corrected chi connectivity index (χ2v) is 4.21. The van der Waals surface area contributed by atoms with Crippen LogP contribution >= 0.6 is 0 Å². The third kappa shape index (κ3) is 2.65. The molecule has 0 atom stereocenters. The second kappa shape index (κ2) is 4.97. The molecule has 0 aliphatic rings. The first-order valence-electron chi connectivity index (χ1n) is 5.70. The molecule has 0 heterocycles. The minimum Gasteiger partial charge on any atom is -0.399 e. The Balaban J connectivity index is 2.45. The monoisotopic (exact) mass is 259 g/mol. The van der Waals surface area contributed by atoms with Crippen molar-refractivity contribution in [1.29, 1.82) is 0 Å². The second-order valence-electron chi connectivity index (χ2n) is 4.21. The number of carbonyl (C=O) groups excluding carboxylic acids is 1. The Hall–Kier alpha value is -2.56. The molecule has 0 aliphatic carbocycles. The first-order chi connectivity index (χ1) is 8.99. The molecule has 19 heavy (non-hydrogen) atoms. The van der Waals surface area contributed by atoms with Gasteiger partial charge in [-0.2, -0.15) is 0 Å². The largest absolute Gasteiger partial charge is 0.399 e. The molecule has 2 aromatic rings. The Morgan fingerprint density at radius 2 is 1.95 bits per heavy atom. The van der Waals surface area contributed by atoms with E-state index in [1.54, 1.807) is 31.2 Å². The predicted molar refractivity (Wildman–Crippen MR) is 73.8 cm³/mol. The number of nitrogens with one attached hydrogen (secondary N) is 1. The Morgan fingerprint density at radius 1 is 1.21 bits per heavy atom. The van der Waals surface area contributed by atoms with E-state index in [1.165, 1.54) is 12.1 Å². The van der Waals surface area contributed by atoms with E-state index in [2.05, 4.69) is 5.32 Å². The summed E-state index contributed by atoms with van der Waals surface area (Å²) in [6.45, 7) is 1.65. The third-order valence-electron chi connectivity index (χ3n) is 2.85. The van der Waals surface area contributed by atoms with Gasteiger partial charge in [-0.15, -0.1) is 0 Å². The van der Waals surface area contributed by atoms with Crippen LogP contribution < -0.4 is 16.8 Å². The average Bonchev–Trinajstić information content (AvgIpc) is 2.35. The Morgan fingerprint density at radius 3 is 2.63 bits per heavy atom. The fourth-order valence-corrected chi connectivity index (χ4v) is 1.77. The smallest absolute Gasteiger partial charge is 0.250 e. The predicted octanol–water partition coefficient (Wildman–Crippen LogP) is 2.56. The summed E-state index contributed by atoms with van der Waals surface area (Å²) in [5.41, 5.74) is 13.2. The zero-order chi connectivity index (χ0) is 14.0. The number of anilines is 3. The molecule has 0 bridgehead atoms. The lowest BCUT2D eigenvalue weighted by Crippen LogP contribution is -2.13. The molecule has 0 unspecified atom stereocenters. The zero-order valence-corrected chi connectivity index (χ0v) is 10.4. The van der Waals surface area contributed by atoms with Gasteiger partial charge >= 0.3 is 0 Å². The van der Waals surface area contributed by atoms with Crippen LogP contribution in [0.1, 0.15) is 15.9 Å². The molecule has 0 fully saturated rings. The van der Waals surface area contributed by atoms with Crippen molar-refractivity contribution in [3.63, 3.8) is 0 Å². The number of halogens is 1. The maximum Gasteiger partial charge on any atom is 0.250 e. The first kappa shape index (κ1) is 12.9. The van der Waals surface area contributed by atoms with Gasteiger partial charge in [-0.1, -0.05) is 6.07 Å². The van der Waals surface area contributed by atoms with E-state index in [1.807, 2.05) is 0 Å². The summed E-state index contributed by atoms with van der Waals surface area (Å²) in [6.07, 6.45) is 0. The molecule has 5 N–H and O–H groups in total. The van der Waals surface area contributed by atoms with Gasteiger partial charge in [0.1, 0.15) is 5.82 Å². The van der Waals surface area contributed by atoms with Crippen LogP contribution in [0.3, 0.4) is 0 Å². The standard InChI is InChI=1S/C14H14FN3O/c1-8-11(15)3-2-4-12(8)18-13-7-9(16)5-6-10(13)14(17)19/h2-7,18H,16H2,1H3,(H2,17,19). The van der Waals surface area contributed by atoms with E-state index >= 15 is 0 Å². The van der Waals surface area contributed by atoms with E-state index < -0.39 is 5.91 Å². The maximum atomic E-state index is 13.5. The molecule has 0 saturated carbocycles. The molecule has 1 amide bonds. The van der Waals surface area contributed by atoms with E-state index in [0.29, 0.717) is 28.2 Å². The van der Waals surface area contributed by atoms with Gasteiger partial charge in [0.05, 0.1) is 11.3 Å². The number of primary amides is 1. The normalized spacial score (nSPS) is 10.2. The van der Waals surface area contributed by atoms with Crippen LogP contribution in [0.25, 0.3) is 0 Å². The molecule has 5 heteroatoms. The third-order valence-corrected chi connectivity index (χ3v) is 2.85. The number of nitrogen functional groups attached to an aromatic ring is 1. The van der Waals surface area contributed by atoms with Crippen molar-refractivity contribution in [1.82, 2.24) is 0 Å². The summed E-state index contributed by atoms with van der Waals surface area (Å²) in [5, 5.41) is 2.98. The fraction of sp³-hybridized carbons (Fsp3) is 0.0714. The molecule has 0 radical (unpaired) electrons. The SMILES string of the molecule is Cc1c(F)cccc1Nc1cc(N)ccc1C(N)=O. The average molecular weight is 259 g/mol. The van der Waals surface area contributed by atoms with E-state index in [-0.39, 0.29) is 5.82 Å². The number of hydrogen-bond donors (Lipinski definition) is 3. The van der Waals surface area contributed by atoms with Crippen LogP contribution in [0.15, 0.2) is 36.4 Å². The fourth-order valence-electron chi connectivity index (χ4n) is 1.77. The minimum atomic E-state index is -0.573. The van der Waals surface area contributed by atoms with Gasteiger partial charge in [-0.25, -0.2) is 4.39 Å². The summed E-state index contributed by atoms with van der Waals surface area (Å²) >= 11 is 0. The van der Waals surface area contributed by atoms with E-state index in [0.717, 1.165) is 0 Å². The molecule has 98 valence electrons. The summed E-state index contributed by atoms with van der Waals surface area (Å²) < 4.78 is 13.5. The van der Waals surface area contributed by atoms with E-state index in [9.17, 15) is 9.18 Å². The molecule has 4 nitrogen and oxygen atoms in total. The van der Waals surface area contributed by atoms with Crippen molar-refractivity contribution in [2.45, 2.75) is 6.92 Å². The molecule has 2 aromatic carbocycles. The molecule has 0 aliphatic heterocycles. The molecular weight excluding hydrogens is 245 g/mol. The van der Waals surface area contributed by atoms with Crippen LogP contribution in [-0.4, -0.2) is 5.91 Å². The first-order valence-corrected chi connectivity index (χ1v) is 5.70.